The van der Waals surface area contributed by atoms with Crippen molar-refractivity contribution in [3.63, 3.8) is 0 Å². The van der Waals surface area contributed by atoms with Crippen LogP contribution in [0.1, 0.15) is 0 Å². The van der Waals surface area contributed by atoms with Crippen molar-refractivity contribution in [3.8, 4) is 11.5 Å². The van der Waals surface area contributed by atoms with Crippen LogP contribution in [0.4, 0.5) is 5.13 Å². The predicted octanol–water partition coefficient (Wildman–Crippen LogP) is 1.13. The summed E-state index contributed by atoms with van der Waals surface area (Å²) in [5.74, 6) is 0.850. The van der Waals surface area contributed by atoms with Gasteiger partial charge in [-0.15, -0.1) is 11.3 Å². The van der Waals surface area contributed by atoms with Crippen molar-refractivity contribution >= 4 is 16.5 Å². The molecule has 0 fully saturated rings. The minimum atomic E-state index is 0.577. The number of hydrogen-bond donors (Lipinski definition) is 1. The third kappa shape index (κ3) is 1.08. The molecule has 12 heavy (non-hydrogen) atoms. The second-order valence-corrected chi connectivity index (χ2v) is 3.32. The van der Waals surface area contributed by atoms with Crippen LogP contribution in [0.2, 0.25) is 0 Å². The molecule has 62 valence electrons. The largest absolute Gasteiger partial charge is 0.375 e. The first kappa shape index (κ1) is 7.30. The Bertz CT molecular complexity index is 390. The molecular weight excluding hydrogens is 172 g/mol. The number of rotatable bonds is 1. The zero-order chi connectivity index (χ0) is 8.55. The Morgan fingerprint density at radius 3 is 2.92 bits per heavy atom. The molecule has 5 heteroatoms. The quantitative estimate of drug-likeness (QED) is 0.715. The van der Waals surface area contributed by atoms with Gasteiger partial charge in [0.2, 0.25) is 0 Å². The lowest BCUT2D eigenvalue weighted by Crippen LogP contribution is -1.91. The Labute approximate surface area is 73.7 Å². The molecule has 0 unspecified atom stereocenters. The summed E-state index contributed by atoms with van der Waals surface area (Å²) in [4.78, 5) is 8.28. The average molecular weight is 180 g/mol. The molecule has 0 amide bonds. The Hall–Kier alpha value is -1.36. The molecule has 0 saturated heterocycles. The van der Waals surface area contributed by atoms with Crippen molar-refractivity contribution in [2.75, 3.05) is 5.73 Å². The van der Waals surface area contributed by atoms with Crippen LogP contribution in [0.3, 0.4) is 0 Å². The van der Waals surface area contributed by atoms with E-state index in [1.807, 2.05) is 23.2 Å². The number of imidazole rings is 1. The highest BCUT2D eigenvalue weighted by molar-refractivity contribution is 7.13. The molecular formula is C7H8N4S. The monoisotopic (exact) mass is 180 g/mol. The number of nitrogens with zero attached hydrogens (tertiary/aromatic N) is 3. The van der Waals surface area contributed by atoms with Gasteiger partial charge >= 0.3 is 0 Å². The van der Waals surface area contributed by atoms with Crippen LogP contribution in [-0.2, 0) is 7.05 Å². The lowest BCUT2D eigenvalue weighted by atomic mass is 10.5. The lowest BCUT2D eigenvalue weighted by Gasteiger charge is -1.94. The summed E-state index contributed by atoms with van der Waals surface area (Å²) in [5.41, 5.74) is 6.34. The van der Waals surface area contributed by atoms with Crippen LogP contribution in [0, 0.1) is 0 Å². The lowest BCUT2D eigenvalue weighted by molar-refractivity contribution is 0.920. The van der Waals surface area contributed by atoms with Crippen molar-refractivity contribution in [3.05, 3.63) is 17.8 Å². The molecule has 0 radical (unpaired) electrons. The van der Waals surface area contributed by atoms with Crippen molar-refractivity contribution in [2.24, 2.45) is 7.05 Å². The van der Waals surface area contributed by atoms with Crippen LogP contribution >= 0.6 is 11.3 Å². The maximum atomic E-state index is 5.51. The Balaban J connectivity index is 2.50. The van der Waals surface area contributed by atoms with Gasteiger partial charge in [-0.25, -0.2) is 9.97 Å². The average Bonchev–Trinajstić information content (AvgIpc) is 2.58. The summed E-state index contributed by atoms with van der Waals surface area (Å²) in [5, 5.41) is 2.48. The first-order valence-electron chi connectivity index (χ1n) is 3.46. The van der Waals surface area contributed by atoms with Crippen LogP contribution in [0.25, 0.3) is 11.5 Å². The van der Waals surface area contributed by atoms with Crippen LogP contribution in [-0.4, -0.2) is 14.5 Å². The maximum absolute atomic E-state index is 5.51. The van der Waals surface area contributed by atoms with Gasteiger partial charge < -0.3 is 10.3 Å². The summed E-state index contributed by atoms with van der Waals surface area (Å²) in [6.07, 6.45) is 3.62. The van der Waals surface area contributed by atoms with Crippen LogP contribution < -0.4 is 5.73 Å². The normalized spacial score (nSPS) is 10.4. The number of aryl methyl sites for hydroxylation is 1. The molecule has 0 bridgehead atoms. The fourth-order valence-corrected chi connectivity index (χ4v) is 1.54. The van der Waals surface area contributed by atoms with E-state index in [0.29, 0.717) is 5.13 Å². The van der Waals surface area contributed by atoms with Gasteiger partial charge in [-0.3, -0.25) is 0 Å². The molecule has 0 spiro atoms. The molecule has 4 nitrogen and oxygen atoms in total. The van der Waals surface area contributed by atoms with E-state index in [9.17, 15) is 0 Å². The second-order valence-electron chi connectivity index (χ2n) is 2.43. The summed E-state index contributed by atoms with van der Waals surface area (Å²) < 4.78 is 1.91. The smallest absolute Gasteiger partial charge is 0.180 e. The third-order valence-corrected chi connectivity index (χ3v) is 2.25. The van der Waals surface area contributed by atoms with Gasteiger partial charge in [0, 0.05) is 24.8 Å². The topological polar surface area (TPSA) is 56.7 Å². The molecule has 2 rings (SSSR count). The van der Waals surface area contributed by atoms with Gasteiger partial charge in [-0.1, -0.05) is 0 Å². The first-order chi connectivity index (χ1) is 5.77. The molecule has 0 atom stereocenters. The third-order valence-electron chi connectivity index (χ3n) is 1.57. The second kappa shape index (κ2) is 2.60. The van der Waals surface area contributed by atoms with Crippen molar-refractivity contribution in [2.45, 2.75) is 0 Å². The molecule has 0 aliphatic rings. The Kier molecular flexibility index (Phi) is 1.58. The molecule has 0 aliphatic heterocycles. The predicted molar refractivity (Wildman–Crippen MR) is 48.7 cm³/mol. The van der Waals surface area contributed by atoms with Crippen molar-refractivity contribution in [1.29, 1.82) is 0 Å². The maximum Gasteiger partial charge on any atom is 0.180 e. The molecule has 2 N–H and O–H groups in total. The number of thiazole rings is 1. The number of anilines is 1. The molecule has 0 aliphatic carbocycles. The van der Waals surface area contributed by atoms with Gasteiger partial charge in [-0.2, -0.15) is 0 Å². The summed E-state index contributed by atoms with van der Waals surface area (Å²) in [6, 6.07) is 0. The van der Waals surface area contributed by atoms with Gasteiger partial charge in [0.15, 0.2) is 11.0 Å². The standard InChI is InChI=1S/C7H8N4S/c1-11-3-2-9-6(11)5-4-12-7(8)10-5/h2-4H,1H3,(H2,8,10). The van der Waals surface area contributed by atoms with Crippen molar-refractivity contribution in [1.82, 2.24) is 14.5 Å². The SMILES string of the molecule is Cn1ccnc1-c1csc(N)n1. The van der Waals surface area contributed by atoms with Crippen LogP contribution in [0.5, 0.6) is 0 Å². The van der Waals surface area contributed by atoms with Gasteiger partial charge in [-0.05, 0) is 0 Å². The van der Waals surface area contributed by atoms with Gasteiger partial charge in [0.1, 0.15) is 5.69 Å². The highest BCUT2D eigenvalue weighted by Crippen LogP contribution is 2.20. The molecule has 2 aromatic rings. The van der Waals surface area contributed by atoms with E-state index in [1.165, 1.54) is 11.3 Å². The zero-order valence-electron chi connectivity index (χ0n) is 6.56. The zero-order valence-corrected chi connectivity index (χ0v) is 7.38. The van der Waals surface area contributed by atoms with Crippen LogP contribution in [0.15, 0.2) is 17.8 Å². The van der Waals surface area contributed by atoms with E-state index >= 15 is 0 Å². The van der Waals surface area contributed by atoms with E-state index < -0.39 is 0 Å². The minimum Gasteiger partial charge on any atom is -0.375 e. The van der Waals surface area contributed by atoms with E-state index in [-0.39, 0.29) is 0 Å². The van der Waals surface area contributed by atoms with E-state index in [1.54, 1.807) is 6.20 Å². The fraction of sp³-hybridized carbons (Fsp3) is 0.143. The number of aromatic nitrogens is 3. The van der Waals surface area contributed by atoms with Gasteiger partial charge in [0.05, 0.1) is 0 Å². The summed E-state index contributed by atoms with van der Waals surface area (Å²) in [6.45, 7) is 0. The molecule has 0 saturated carbocycles. The Morgan fingerprint density at radius 1 is 1.58 bits per heavy atom. The summed E-state index contributed by atoms with van der Waals surface area (Å²) >= 11 is 1.42. The van der Waals surface area contributed by atoms with Crippen molar-refractivity contribution < 1.29 is 0 Å². The number of nitrogen functional groups attached to an aromatic ring is 1. The highest BCUT2D eigenvalue weighted by Gasteiger charge is 2.05. The molecule has 2 aromatic heterocycles. The first-order valence-corrected chi connectivity index (χ1v) is 4.34. The fourth-order valence-electron chi connectivity index (χ4n) is 1.00. The summed E-state index contributed by atoms with van der Waals surface area (Å²) in [7, 11) is 1.93. The molecule has 0 aromatic carbocycles. The Morgan fingerprint density at radius 2 is 2.42 bits per heavy atom. The number of hydrogen-bond acceptors (Lipinski definition) is 4. The molecule has 2 heterocycles. The minimum absolute atomic E-state index is 0.577. The highest BCUT2D eigenvalue weighted by atomic mass is 32.1. The number of nitrogens with two attached hydrogens (primary N) is 1. The van der Waals surface area contributed by atoms with E-state index in [0.717, 1.165) is 11.5 Å². The van der Waals surface area contributed by atoms with E-state index in [2.05, 4.69) is 9.97 Å². The van der Waals surface area contributed by atoms with E-state index in [4.69, 9.17) is 5.73 Å². The van der Waals surface area contributed by atoms with Gasteiger partial charge in [0.25, 0.3) is 0 Å².